The van der Waals surface area contributed by atoms with Crippen molar-refractivity contribution < 1.29 is 19.4 Å². The Morgan fingerprint density at radius 3 is 2.50 bits per heavy atom. The second kappa shape index (κ2) is 5.73. The van der Waals surface area contributed by atoms with E-state index in [-0.39, 0.29) is 25.0 Å². The molecule has 1 amide bonds. The van der Waals surface area contributed by atoms with Crippen LogP contribution in [-0.2, 0) is 4.79 Å². The minimum Gasteiger partial charge on any atom is -0.497 e. The lowest BCUT2D eigenvalue weighted by atomic mass is 10.0. The highest BCUT2D eigenvalue weighted by molar-refractivity contribution is 5.78. The number of likely N-dealkylation sites (tertiary alicyclic amines) is 1. The largest absolute Gasteiger partial charge is 0.497 e. The molecule has 5 nitrogen and oxygen atoms in total. The Hall–Kier alpha value is -1.75. The lowest BCUT2D eigenvalue weighted by Gasteiger charge is -2.38. The van der Waals surface area contributed by atoms with E-state index in [0.29, 0.717) is 18.8 Å². The third kappa shape index (κ3) is 2.92. The second-order valence-corrected chi connectivity index (χ2v) is 4.31. The van der Waals surface area contributed by atoms with Gasteiger partial charge < -0.3 is 19.5 Å². The van der Waals surface area contributed by atoms with Gasteiger partial charge in [0.15, 0.2) is 6.61 Å². The summed E-state index contributed by atoms with van der Waals surface area (Å²) in [6.45, 7) is 1.43. The van der Waals surface area contributed by atoms with Gasteiger partial charge in [0.25, 0.3) is 5.91 Å². The van der Waals surface area contributed by atoms with E-state index < -0.39 is 0 Å². The number of rotatable bonds is 5. The van der Waals surface area contributed by atoms with Gasteiger partial charge in [-0.2, -0.15) is 0 Å². The van der Waals surface area contributed by atoms with Crippen molar-refractivity contribution in [2.75, 3.05) is 33.4 Å². The first-order valence-electron chi connectivity index (χ1n) is 5.88. The van der Waals surface area contributed by atoms with Crippen molar-refractivity contribution in [1.82, 2.24) is 4.90 Å². The van der Waals surface area contributed by atoms with E-state index in [4.69, 9.17) is 14.6 Å². The number of aliphatic hydroxyl groups excluding tert-OH is 1. The van der Waals surface area contributed by atoms with Gasteiger partial charge in [-0.1, -0.05) is 0 Å². The first kappa shape index (κ1) is 12.7. The van der Waals surface area contributed by atoms with Gasteiger partial charge in [0.05, 0.1) is 7.11 Å². The highest BCUT2D eigenvalue weighted by Gasteiger charge is 2.29. The zero-order valence-corrected chi connectivity index (χ0v) is 10.3. The average Bonchev–Trinajstić information content (AvgIpc) is 2.36. The summed E-state index contributed by atoms with van der Waals surface area (Å²) in [5, 5.41) is 8.86. The molecule has 1 heterocycles. The fraction of sp³-hybridized carbons (Fsp3) is 0.462. The van der Waals surface area contributed by atoms with Crippen LogP contribution in [0.4, 0.5) is 0 Å². The van der Waals surface area contributed by atoms with E-state index >= 15 is 0 Å². The summed E-state index contributed by atoms with van der Waals surface area (Å²) in [5.74, 6) is 1.58. The molecule has 0 bridgehead atoms. The fourth-order valence-electron chi connectivity index (χ4n) is 1.80. The molecule has 0 atom stereocenters. The number of amides is 1. The molecular formula is C13H17NO4. The first-order valence-corrected chi connectivity index (χ1v) is 5.88. The second-order valence-electron chi connectivity index (χ2n) is 4.31. The van der Waals surface area contributed by atoms with Crippen LogP contribution in [-0.4, -0.2) is 49.3 Å². The topological polar surface area (TPSA) is 59.0 Å². The van der Waals surface area contributed by atoms with E-state index in [0.717, 1.165) is 5.75 Å². The van der Waals surface area contributed by atoms with Gasteiger partial charge in [0, 0.05) is 25.6 Å². The fourth-order valence-corrected chi connectivity index (χ4v) is 1.80. The molecule has 0 aliphatic carbocycles. The van der Waals surface area contributed by atoms with Gasteiger partial charge in [-0.25, -0.2) is 0 Å². The first-order chi connectivity index (χ1) is 8.72. The van der Waals surface area contributed by atoms with Crippen molar-refractivity contribution >= 4 is 5.91 Å². The smallest absolute Gasteiger partial charge is 0.260 e. The maximum atomic E-state index is 11.7. The monoisotopic (exact) mass is 251 g/mol. The maximum absolute atomic E-state index is 11.7. The zero-order valence-electron chi connectivity index (χ0n) is 10.3. The minimum absolute atomic E-state index is 0.0322. The highest BCUT2D eigenvalue weighted by Crippen LogP contribution is 2.18. The number of ether oxygens (including phenoxy) is 2. The van der Waals surface area contributed by atoms with Crippen LogP contribution in [0.5, 0.6) is 11.5 Å². The van der Waals surface area contributed by atoms with Crippen molar-refractivity contribution in [3.05, 3.63) is 24.3 Å². The van der Waals surface area contributed by atoms with E-state index in [1.54, 1.807) is 36.3 Å². The number of methoxy groups -OCH3 is 1. The van der Waals surface area contributed by atoms with Crippen LogP contribution in [0.15, 0.2) is 24.3 Å². The molecule has 0 saturated carbocycles. The Morgan fingerprint density at radius 2 is 1.94 bits per heavy atom. The Bertz CT molecular complexity index is 398. The van der Waals surface area contributed by atoms with Gasteiger partial charge in [0.1, 0.15) is 11.5 Å². The van der Waals surface area contributed by atoms with E-state index in [9.17, 15) is 4.79 Å². The van der Waals surface area contributed by atoms with Gasteiger partial charge in [0.2, 0.25) is 0 Å². The predicted molar refractivity (Wildman–Crippen MR) is 65.6 cm³/mol. The number of carbonyl (C=O) groups is 1. The SMILES string of the molecule is COc1ccc(OCC(=O)N2CC(CO)C2)cc1. The standard InChI is InChI=1S/C13H17NO4/c1-17-11-2-4-12(5-3-11)18-9-13(16)14-6-10(7-14)8-15/h2-5,10,15H,6-9H2,1H3. The Morgan fingerprint density at radius 1 is 1.33 bits per heavy atom. The summed E-state index contributed by atoms with van der Waals surface area (Å²) < 4.78 is 10.4. The Kier molecular flexibility index (Phi) is 4.04. The molecule has 1 aromatic rings. The summed E-state index contributed by atoms with van der Waals surface area (Å²) in [6, 6.07) is 7.09. The molecule has 0 radical (unpaired) electrons. The molecule has 1 aliphatic heterocycles. The van der Waals surface area contributed by atoms with Gasteiger partial charge in [-0.3, -0.25) is 4.79 Å². The summed E-state index contributed by atoms with van der Waals surface area (Å²) in [7, 11) is 1.60. The Balaban J connectivity index is 1.75. The molecule has 2 rings (SSSR count). The number of nitrogens with zero attached hydrogens (tertiary/aromatic N) is 1. The number of hydrogen-bond donors (Lipinski definition) is 1. The number of aliphatic hydroxyl groups is 1. The van der Waals surface area contributed by atoms with E-state index in [2.05, 4.69) is 0 Å². The molecule has 1 N–H and O–H groups in total. The van der Waals surface area contributed by atoms with Crippen LogP contribution >= 0.6 is 0 Å². The van der Waals surface area contributed by atoms with Crippen LogP contribution in [0.25, 0.3) is 0 Å². The van der Waals surface area contributed by atoms with Crippen molar-refractivity contribution in [2.24, 2.45) is 5.92 Å². The van der Waals surface area contributed by atoms with Gasteiger partial charge >= 0.3 is 0 Å². The zero-order chi connectivity index (χ0) is 13.0. The minimum atomic E-state index is -0.0458. The number of hydrogen-bond acceptors (Lipinski definition) is 4. The summed E-state index contributed by atoms with van der Waals surface area (Å²) >= 11 is 0. The van der Waals surface area contributed by atoms with Crippen molar-refractivity contribution in [3.8, 4) is 11.5 Å². The molecule has 0 unspecified atom stereocenters. The molecule has 1 aliphatic rings. The quantitative estimate of drug-likeness (QED) is 0.829. The molecule has 1 aromatic carbocycles. The molecule has 1 fully saturated rings. The average molecular weight is 251 g/mol. The molecule has 5 heteroatoms. The van der Waals surface area contributed by atoms with E-state index in [1.807, 2.05) is 0 Å². The summed E-state index contributed by atoms with van der Waals surface area (Å²) in [4.78, 5) is 13.4. The molecule has 18 heavy (non-hydrogen) atoms. The van der Waals surface area contributed by atoms with Gasteiger partial charge in [-0.05, 0) is 24.3 Å². The molecule has 0 aromatic heterocycles. The van der Waals surface area contributed by atoms with Crippen LogP contribution < -0.4 is 9.47 Å². The number of benzene rings is 1. The third-order valence-electron chi connectivity index (χ3n) is 2.99. The van der Waals surface area contributed by atoms with Crippen molar-refractivity contribution in [2.45, 2.75) is 0 Å². The van der Waals surface area contributed by atoms with Crippen LogP contribution in [0.1, 0.15) is 0 Å². The van der Waals surface area contributed by atoms with Crippen LogP contribution in [0.2, 0.25) is 0 Å². The summed E-state index contributed by atoms with van der Waals surface area (Å²) in [6.07, 6.45) is 0. The maximum Gasteiger partial charge on any atom is 0.260 e. The normalized spacial score (nSPS) is 15.1. The lowest BCUT2D eigenvalue weighted by Crippen LogP contribution is -2.52. The molecule has 1 saturated heterocycles. The van der Waals surface area contributed by atoms with E-state index in [1.165, 1.54) is 0 Å². The van der Waals surface area contributed by atoms with Crippen molar-refractivity contribution in [1.29, 1.82) is 0 Å². The molecule has 0 spiro atoms. The molecule has 98 valence electrons. The molecular weight excluding hydrogens is 234 g/mol. The Labute approximate surface area is 106 Å². The van der Waals surface area contributed by atoms with Crippen LogP contribution in [0.3, 0.4) is 0 Å². The van der Waals surface area contributed by atoms with Gasteiger partial charge in [-0.15, -0.1) is 0 Å². The predicted octanol–water partition coefficient (Wildman–Crippen LogP) is 0.525. The van der Waals surface area contributed by atoms with Crippen LogP contribution in [0, 0.1) is 5.92 Å². The van der Waals surface area contributed by atoms with Crippen molar-refractivity contribution in [3.63, 3.8) is 0 Å². The third-order valence-corrected chi connectivity index (χ3v) is 2.99. The lowest BCUT2D eigenvalue weighted by molar-refractivity contribution is -0.140. The number of carbonyl (C=O) groups excluding carboxylic acids is 1. The summed E-state index contributed by atoms with van der Waals surface area (Å²) in [5.41, 5.74) is 0. The highest BCUT2D eigenvalue weighted by atomic mass is 16.5.